The Labute approximate surface area is 129 Å². The third-order valence-electron chi connectivity index (χ3n) is 6.20. The van der Waals surface area contributed by atoms with Crippen molar-refractivity contribution in [2.24, 2.45) is 11.3 Å². The molecule has 2 nitrogen and oxygen atoms in total. The first-order valence-corrected chi connectivity index (χ1v) is 8.82. The number of likely N-dealkylation sites (tertiary alicyclic amines) is 1. The summed E-state index contributed by atoms with van der Waals surface area (Å²) in [5.74, 6) is 0.659. The molecule has 21 heavy (non-hydrogen) atoms. The standard InChI is InChI=1S/C19H31NO/c1-14(13-20-10-4-5-11-20)16-6-8-19(3)9-7-18(21)15(2)17(19)12-16/h12,14,18,21H,4-11,13H2,1-3H3/t14-,18?,19+/m1/s1. The predicted molar refractivity (Wildman–Crippen MR) is 88.2 cm³/mol. The smallest absolute Gasteiger partial charge is 0.0753 e. The van der Waals surface area contributed by atoms with E-state index in [-0.39, 0.29) is 6.10 Å². The molecule has 1 aliphatic heterocycles. The Morgan fingerprint density at radius 1 is 1.33 bits per heavy atom. The zero-order valence-electron chi connectivity index (χ0n) is 14.0. The molecule has 1 saturated heterocycles. The van der Waals surface area contributed by atoms with Crippen molar-refractivity contribution in [1.82, 2.24) is 4.90 Å². The first-order valence-electron chi connectivity index (χ1n) is 8.82. The molecule has 3 rings (SSSR count). The van der Waals surface area contributed by atoms with Crippen molar-refractivity contribution in [2.45, 2.75) is 65.4 Å². The van der Waals surface area contributed by atoms with E-state index in [9.17, 15) is 5.11 Å². The number of aliphatic hydroxyl groups excluding tert-OH is 1. The van der Waals surface area contributed by atoms with Gasteiger partial charge in [-0.1, -0.05) is 25.5 Å². The Bertz CT molecular complexity index is 458. The van der Waals surface area contributed by atoms with Crippen LogP contribution in [0.25, 0.3) is 0 Å². The first-order chi connectivity index (χ1) is 9.99. The second kappa shape index (κ2) is 5.89. The average Bonchev–Trinajstić information content (AvgIpc) is 2.96. The second-order valence-corrected chi connectivity index (χ2v) is 7.84. The lowest BCUT2D eigenvalue weighted by atomic mass is 9.63. The van der Waals surface area contributed by atoms with E-state index < -0.39 is 0 Å². The molecular formula is C19H31NO. The fraction of sp³-hybridized carbons (Fsp3) is 0.789. The number of fused-ring (bicyclic) bond motifs is 1. The molecule has 0 saturated carbocycles. The molecule has 1 heterocycles. The Kier molecular flexibility index (Phi) is 4.29. The first kappa shape index (κ1) is 15.3. The third kappa shape index (κ3) is 2.98. The number of aliphatic hydroxyl groups is 1. The number of allylic oxidation sites excluding steroid dienone is 2. The summed E-state index contributed by atoms with van der Waals surface area (Å²) in [5.41, 5.74) is 4.62. The minimum Gasteiger partial charge on any atom is -0.389 e. The molecule has 0 aromatic rings. The van der Waals surface area contributed by atoms with Crippen molar-refractivity contribution in [2.75, 3.05) is 19.6 Å². The number of nitrogens with zero attached hydrogens (tertiary/aromatic N) is 1. The summed E-state index contributed by atoms with van der Waals surface area (Å²) in [4.78, 5) is 2.62. The van der Waals surface area contributed by atoms with Gasteiger partial charge < -0.3 is 10.0 Å². The summed E-state index contributed by atoms with van der Waals surface area (Å²) in [6.45, 7) is 10.7. The maximum Gasteiger partial charge on any atom is 0.0753 e. The van der Waals surface area contributed by atoms with Gasteiger partial charge in [0.15, 0.2) is 0 Å². The van der Waals surface area contributed by atoms with E-state index in [4.69, 9.17) is 0 Å². The van der Waals surface area contributed by atoms with Crippen LogP contribution in [0.3, 0.4) is 0 Å². The summed E-state index contributed by atoms with van der Waals surface area (Å²) < 4.78 is 0. The molecule has 0 radical (unpaired) electrons. The molecule has 1 fully saturated rings. The maximum atomic E-state index is 10.2. The fourth-order valence-corrected chi connectivity index (χ4v) is 4.55. The predicted octanol–water partition coefficient (Wildman–Crippen LogP) is 3.92. The molecular weight excluding hydrogens is 258 g/mol. The average molecular weight is 289 g/mol. The molecule has 2 aliphatic carbocycles. The van der Waals surface area contributed by atoms with Gasteiger partial charge in [-0.25, -0.2) is 0 Å². The van der Waals surface area contributed by atoms with E-state index in [0.29, 0.717) is 11.3 Å². The van der Waals surface area contributed by atoms with Crippen LogP contribution in [0, 0.1) is 11.3 Å². The van der Waals surface area contributed by atoms with Gasteiger partial charge in [-0.3, -0.25) is 0 Å². The Balaban J connectivity index is 1.79. The molecule has 1 unspecified atom stereocenters. The van der Waals surface area contributed by atoms with Crippen LogP contribution >= 0.6 is 0 Å². The minimum atomic E-state index is -0.211. The highest BCUT2D eigenvalue weighted by Gasteiger charge is 2.38. The van der Waals surface area contributed by atoms with Crippen molar-refractivity contribution in [3.05, 3.63) is 22.8 Å². The summed E-state index contributed by atoms with van der Waals surface area (Å²) in [6.07, 6.45) is 9.60. The molecule has 0 aromatic heterocycles. The molecule has 0 bridgehead atoms. The van der Waals surface area contributed by atoms with Crippen LogP contribution in [0.4, 0.5) is 0 Å². The lowest BCUT2D eigenvalue weighted by molar-refractivity contribution is 0.151. The zero-order chi connectivity index (χ0) is 15.0. The monoisotopic (exact) mass is 289 g/mol. The molecule has 2 heteroatoms. The van der Waals surface area contributed by atoms with Crippen LogP contribution in [0.5, 0.6) is 0 Å². The van der Waals surface area contributed by atoms with Gasteiger partial charge in [0.05, 0.1) is 6.10 Å². The topological polar surface area (TPSA) is 23.5 Å². The van der Waals surface area contributed by atoms with Gasteiger partial charge in [-0.2, -0.15) is 0 Å². The maximum absolute atomic E-state index is 10.2. The van der Waals surface area contributed by atoms with E-state index in [0.717, 1.165) is 12.8 Å². The van der Waals surface area contributed by atoms with Gasteiger partial charge in [0.1, 0.15) is 0 Å². The molecule has 3 atom stereocenters. The summed E-state index contributed by atoms with van der Waals surface area (Å²) in [5, 5.41) is 10.2. The lowest BCUT2D eigenvalue weighted by Gasteiger charge is -2.42. The number of hydrogen-bond donors (Lipinski definition) is 1. The number of rotatable bonds is 3. The highest BCUT2D eigenvalue weighted by molar-refractivity contribution is 5.40. The van der Waals surface area contributed by atoms with Gasteiger partial charge in [0, 0.05) is 6.54 Å². The van der Waals surface area contributed by atoms with Crippen LogP contribution in [0.15, 0.2) is 22.8 Å². The van der Waals surface area contributed by atoms with Crippen molar-refractivity contribution >= 4 is 0 Å². The van der Waals surface area contributed by atoms with Crippen molar-refractivity contribution in [3.8, 4) is 0 Å². The molecule has 0 aromatic carbocycles. The largest absolute Gasteiger partial charge is 0.389 e. The van der Waals surface area contributed by atoms with E-state index >= 15 is 0 Å². The van der Waals surface area contributed by atoms with E-state index in [1.165, 1.54) is 56.5 Å². The quantitative estimate of drug-likeness (QED) is 0.851. The van der Waals surface area contributed by atoms with Crippen molar-refractivity contribution in [3.63, 3.8) is 0 Å². The zero-order valence-corrected chi connectivity index (χ0v) is 14.0. The lowest BCUT2D eigenvalue weighted by Crippen LogP contribution is -2.33. The van der Waals surface area contributed by atoms with E-state index in [1.807, 2.05) is 0 Å². The SMILES string of the molecule is CC1=C2C=C([C@H](C)CN3CCCC3)CC[C@@]2(C)CCC1O. The van der Waals surface area contributed by atoms with Crippen LogP contribution in [-0.4, -0.2) is 35.7 Å². The Hall–Kier alpha value is -0.600. The van der Waals surface area contributed by atoms with Gasteiger partial charge in [-0.15, -0.1) is 0 Å². The fourth-order valence-electron chi connectivity index (χ4n) is 4.55. The number of hydrogen-bond acceptors (Lipinski definition) is 2. The normalized spacial score (nSPS) is 35.6. The van der Waals surface area contributed by atoms with E-state index in [1.54, 1.807) is 5.57 Å². The minimum absolute atomic E-state index is 0.211. The van der Waals surface area contributed by atoms with Crippen LogP contribution in [0.1, 0.15) is 59.3 Å². The highest BCUT2D eigenvalue weighted by Crippen LogP contribution is 2.49. The molecule has 118 valence electrons. The van der Waals surface area contributed by atoms with Crippen molar-refractivity contribution in [1.29, 1.82) is 0 Å². The van der Waals surface area contributed by atoms with Gasteiger partial charge in [0.2, 0.25) is 0 Å². The summed E-state index contributed by atoms with van der Waals surface area (Å²) in [6, 6.07) is 0. The highest BCUT2D eigenvalue weighted by atomic mass is 16.3. The van der Waals surface area contributed by atoms with Crippen LogP contribution in [0.2, 0.25) is 0 Å². The van der Waals surface area contributed by atoms with Gasteiger partial charge >= 0.3 is 0 Å². The third-order valence-corrected chi connectivity index (χ3v) is 6.20. The van der Waals surface area contributed by atoms with E-state index in [2.05, 4.69) is 31.7 Å². The molecule has 0 spiro atoms. The molecule has 0 amide bonds. The van der Waals surface area contributed by atoms with Crippen LogP contribution < -0.4 is 0 Å². The summed E-state index contributed by atoms with van der Waals surface area (Å²) in [7, 11) is 0. The van der Waals surface area contributed by atoms with Gasteiger partial charge in [0.25, 0.3) is 0 Å². The van der Waals surface area contributed by atoms with Gasteiger partial charge in [-0.05, 0) is 81.0 Å². The summed E-state index contributed by atoms with van der Waals surface area (Å²) >= 11 is 0. The molecule has 3 aliphatic rings. The Morgan fingerprint density at radius 3 is 2.76 bits per heavy atom. The van der Waals surface area contributed by atoms with Crippen LogP contribution in [-0.2, 0) is 0 Å². The van der Waals surface area contributed by atoms with Crippen molar-refractivity contribution < 1.29 is 5.11 Å². The Morgan fingerprint density at radius 2 is 2.05 bits per heavy atom. The molecule has 1 N–H and O–H groups in total. The second-order valence-electron chi connectivity index (χ2n) is 7.84.